The maximum atomic E-state index is 16.6. The largest absolute Gasteiger partial charge is 0.494 e. The summed E-state index contributed by atoms with van der Waals surface area (Å²) in [5.41, 5.74) is 1.96. The number of benzene rings is 2. The number of ether oxygens (including phenoxy) is 1. The zero-order valence-corrected chi connectivity index (χ0v) is 21.0. The minimum atomic E-state index is -0.455. The number of hydrogen-bond acceptors (Lipinski definition) is 5. The number of hydrogen-bond donors (Lipinski definition) is 1. The van der Waals surface area contributed by atoms with Crippen molar-refractivity contribution >= 4 is 38.5 Å². The van der Waals surface area contributed by atoms with Crippen LogP contribution in [0.25, 0.3) is 32.8 Å². The number of nitrogens with one attached hydrogen (secondary N) is 1. The SMILES string of the molecule is COc1cc2c(=O)c3c4ccc(C#N)cc4[nH]c3n(C(C)C)c2c(F)c1N1CCN(C)C(C)(C)C1. The van der Waals surface area contributed by atoms with Gasteiger partial charge < -0.3 is 19.2 Å². The summed E-state index contributed by atoms with van der Waals surface area (Å²) in [5, 5.41) is 10.8. The summed E-state index contributed by atoms with van der Waals surface area (Å²) in [6, 6.07) is 8.87. The fourth-order valence-electron chi connectivity index (χ4n) is 5.32. The summed E-state index contributed by atoms with van der Waals surface area (Å²) in [4.78, 5) is 21.4. The topological polar surface area (TPSA) is 77.3 Å². The highest BCUT2D eigenvalue weighted by molar-refractivity contribution is 6.10. The molecule has 35 heavy (non-hydrogen) atoms. The Bertz CT molecular complexity index is 1590. The van der Waals surface area contributed by atoms with Crippen molar-refractivity contribution in [2.45, 2.75) is 39.3 Å². The number of anilines is 1. The van der Waals surface area contributed by atoms with Crippen LogP contribution in [0.15, 0.2) is 29.1 Å². The number of methoxy groups -OCH3 is 1. The van der Waals surface area contributed by atoms with Crippen molar-refractivity contribution in [2.24, 2.45) is 0 Å². The quantitative estimate of drug-likeness (QED) is 0.462. The Morgan fingerprint density at radius 2 is 1.94 bits per heavy atom. The Balaban J connectivity index is 1.90. The maximum Gasteiger partial charge on any atom is 0.199 e. The molecule has 7 nitrogen and oxygen atoms in total. The van der Waals surface area contributed by atoms with Crippen molar-refractivity contribution in [3.8, 4) is 11.8 Å². The second-order valence-corrected chi connectivity index (χ2v) is 10.3. The van der Waals surface area contributed by atoms with Gasteiger partial charge in [-0.3, -0.25) is 9.69 Å². The maximum absolute atomic E-state index is 16.6. The number of likely N-dealkylation sites (N-methyl/N-ethyl adjacent to an activating group) is 1. The van der Waals surface area contributed by atoms with E-state index in [9.17, 15) is 10.1 Å². The molecule has 0 saturated carbocycles. The van der Waals surface area contributed by atoms with Crippen LogP contribution in [0, 0.1) is 17.1 Å². The van der Waals surface area contributed by atoms with Crippen LogP contribution in [-0.4, -0.2) is 53.8 Å². The van der Waals surface area contributed by atoms with E-state index < -0.39 is 5.82 Å². The summed E-state index contributed by atoms with van der Waals surface area (Å²) < 4.78 is 24.1. The Morgan fingerprint density at radius 3 is 2.57 bits per heavy atom. The van der Waals surface area contributed by atoms with Crippen LogP contribution >= 0.6 is 0 Å². The zero-order chi connectivity index (χ0) is 25.2. The molecule has 0 amide bonds. The summed E-state index contributed by atoms with van der Waals surface area (Å²) in [5.74, 6) is -0.0995. The van der Waals surface area contributed by atoms with E-state index in [2.05, 4.69) is 36.8 Å². The Kier molecular flexibility index (Phi) is 5.29. The van der Waals surface area contributed by atoms with Crippen molar-refractivity contribution in [3.63, 3.8) is 0 Å². The monoisotopic (exact) mass is 475 g/mol. The molecule has 1 aliphatic heterocycles. The highest BCUT2D eigenvalue weighted by Gasteiger charge is 2.35. The zero-order valence-electron chi connectivity index (χ0n) is 21.0. The summed E-state index contributed by atoms with van der Waals surface area (Å²) in [6.45, 7) is 10.3. The lowest BCUT2D eigenvalue weighted by molar-refractivity contribution is 0.138. The van der Waals surface area contributed by atoms with Crippen molar-refractivity contribution in [1.82, 2.24) is 14.5 Å². The number of pyridine rings is 1. The van der Waals surface area contributed by atoms with Gasteiger partial charge in [0.05, 0.1) is 35.0 Å². The van der Waals surface area contributed by atoms with Crippen LogP contribution in [0.4, 0.5) is 10.1 Å². The number of piperazine rings is 1. The van der Waals surface area contributed by atoms with Gasteiger partial charge in [-0.2, -0.15) is 5.26 Å². The molecule has 2 aromatic heterocycles. The molecular weight excluding hydrogens is 445 g/mol. The van der Waals surface area contributed by atoms with Crippen LogP contribution in [0.3, 0.4) is 0 Å². The van der Waals surface area contributed by atoms with E-state index in [1.165, 1.54) is 7.11 Å². The molecule has 0 unspecified atom stereocenters. The van der Waals surface area contributed by atoms with Gasteiger partial charge in [0.25, 0.3) is 0 Å². The van der Waals surface area contributed by atoms with E-state index in [0.717, 1.165) is 6.54 Å². The van der Waals surface area contributed by atoms with Gasteiger partial charge in [0.1, 0.15) is 17.1 Å². The molecule has 1 fully saturated rings. The molecule has 1 saturated heterocycles. The summed E-state index contributed by atoms with van der Waals surface area (Å²) in [6.07, 6.45) is 0. The van der Waals surface area contributed by atoms with Gasteiger partial charge in [-0.05, 0) is 52.9 Å². The molecule has 4 aromatic rings. The molecule has 3 heterocycles. The lowest BCUT2D eigenvalue weighted by Gasteiger charge is -2.46. The molecular formula is C27H30FN5O2. The number of halogens is 1. The van der Waals surface area contributed by atoms with Gasteiger partial charge in [0.2, 0.25) is 0 Å². The fourth-order valence-corrected chi connectivity index (χ4v) is 5.32. The molecule has 0 spiro atoms. The van der Waals surface area contributed by atoms with E-state index in [1.54, 1.807) is 24.3 Å². The number of nitrogens with zero attached hydrogens (tertiary/aromatic N) is 4. The van der Waals surface area contributed by atoms with E-state index >= 15 is 4.39 Å². The first-order chi connectivity index (χ1) is 16.6. The summed E-state index contributed by atoms with van der Waals surface area (Å²) >= 11 is 0. The molecule has 1 N–H and O–H groups in total. The smallest absolute Gasteiger partial charge is 0.199 e. The first-order valence-corrected chi connectivity index (χ1v) is 11.9. The van der Waals surface area contributed by atoms with Gasteiger partial charge in [0, 0.05) is 42.1 Å². The minimum absolute atomic E-state index is 0.135. The van der Waals surface area contributed by atoms with E-state index in [1.807, 2.05) is 23.3 Å². The first kappa shape index (κ1) is 23.2. The number of nitriles is 1. The number of fused-ring (bicyclic) bond motifs is 4. The van der Waals surface area contributed by atoms with Crippen molar-refractivity contribution in [3.05, 3.63) is 45.9 Å². The van der Waals surface area contributed by atoms with Gasteiger partial charge >= 0.3 is 0 Å². The number of aromatic amines is 1. The van der Waals surface area contributed by atoms with Crippen LogP contribution in [0.5, 0.6) is 5.75 Å². The fraction of sp³-hybridized carbons (Fsp3) is 0.407. The van der Waals surface area contributed by atoms with Gasteiger partial charge in [-0.1, -0.05) is 6.07 Å². The lowest BCUT2D eigenvalue weighted by atomic mass is 9.98. The standard InChI is InChI=1S/C27H30FN5O2/c1-15(2)33-23-18(25(34)21-17-8-7-16(13-29)11-19(17)30-26(21)33)12-20(35-6)24(22(23)28)32-10-9-31(5)27(3,4)14-32/h7-8,11-12,15,30H,9-10,14H2,1-6H3. The van der Waals surface area contributed by atoms with Gasteiger partial charge in [0.15, 0.2) is 11.2 Å². The predicted molar refractivity (Wildman–Crippen MR) is 138 cm³/mol. The van der Waals surface area contributed by atoms with Crippen molar-refractivity contribution in [2.75, 3.05) is 38.7 Å². The molecule has 8 heteroatoms. The van der Waals surface area contributed by atoms with Crippen LogP contribution < -0.4 is 15.1 Å². The van der Waals surface area contributed by atoms with Gasteiger partial charge in [-0.15, -0.1) is 0 Å². The average molecular weight is 476 g/mol. The molecule has 1 aliphatic rings. The number of rotatable bonds is 3. The molecule has 0 bridgehead atoms. The Morgan fingerprint density at radius 1 is 1.20 bits per heavy atom. The Labute approximate surface area is 203 Å². The van der Waals surface area contributed by atoms with E-state index in [-0.39, 0.29) is 27.9 Å². The van der Waals surface area contributed by atoms with Crippen LogP contribution in [0.2, 0.25) is 0 Å². The first-order valence-electron chi connectivity index (χ1n) is 11.9. The highest BCUT2D eigenvalue weighted by atomic mass is 19.1. The van der Waals surface area contributed by atoms with E-state index in [4.69, 9.17) is 4.74 Å². The highest BCUT2D eigenvalue weighted by Crippen LogP contribution is 2.40. The second-order valence-electron chi connectivity index (χ2n) is 10.3. The third-order valence-electron chi connectivity index (χ3n) is 7.41. The molecule has 5 rings (SSSR count). The lowest BCUT2D eigenvalue weighted by Crippen LogP contribution is -2.58. The third kappa shape index (κ3) is 3.37. The molecule has 182 valence electrons. The average Bonchev–Trinajstić information content (AvgIpc) is 3.19. The summed E-state index contributed by atoms with van der Waals surface area (Å²) in [7, 11) is 3.59. The molecule has 0 aliphatic carbocycles. The van der Waals surface area contributed by atoms with Crippen LogP contribution in [0.1, 0.15) is 39.3 Å². The van der Waals surface area contributed by atoms with Crippen molar-refractivity contribution < 1.29 is 9.13 Å². The predicted octanol–water partition coefficient (Wildman–Crippen LogP) is 4.77. The minimum Gasteiger partial charge on any atom is -0.494 e. The molecule has 0 radical (unpaired) electrons. The second kappa shape index (κ2) is 7.99. The number of aromatic nitrogens is 2. The Hall–Kier alpha value is -3.57. The molecule has 0 atom stereocenters. The van der Waals surface area contributed by atoms with Crippen LogP contribution in [-0.2, 0) is 0 Å². The van der Waals surface area contributed by atoms with E-state index in [0.29, 0.717) is 52.0 Å². The third-order valence-corrected chi connectivity index (χ3v) is 7.41. The number of H-pyrrole nitrogens is 1. The normalized spacial score (nSPS) is 16.5. The van der Waals surface area contributed by atoms with Crippen molar-refractivity contribution in [1.29, 1.82) is 5.26 Å². The van der Waals surface area contributed by atoms with Gasteiger partial charge in [-0.25, -0.2) is 4.39 Å². The molecule has 2 aromatic carbocycles.